The zero-order valence-corrected chi connectivity index (χ0v) is 23.7. The highest BCUT2D eigenvalue weighted by atomic mass is 16.7. The van der Waals surface area contributed by atoms with Gasteiger partial charge in [0.15, 0.2) is 0 Å². The zero-order valence-electron chi connectivity index (χ0n) is 23.7. The first-order valence-electron chi connectivity index (χ1n) is 14.0. The number of amides is 3. The Kier molecular flexibility index (Phi) is 15.3. The predicted molar refractivity (Wildman–Crippen MR) is 152 cm³/mol. The van der Waals surface area contributed by atoms with E-state index in [9.17, 15) is 19.6 Å². The van der Waals surface area contributed by atoms with Crippen molar-refractivity contribution in [3.05, 3.63) is 65.7 Å². The van der Waals surface area contributed by atoms with Crippen LogP contribution in [0.4, 0.5) is 4.79 Å². The minimum Gasteiger partial charge on any atom is -0.410 e. The molecule has 0 aromatic heterocycles. The maximum absolute atomic E-state index is 12.5. The molecule has 0 aliphatic rings. The van der Waals surface area contributed by atoms with Crippen molar-refractivity contribution in [1.82, 2.24) is 15.4 Å². The number of hydroxylamine groups is 4. The Hall–Kier alpha value is -3.47. The van der Waals surface area contributed by atoms with Gasteiger partial charge in [0.25, 0.3) is 0 Å². The number of nitrogens with one attached hydrogen (secondary N) is 1. The van der Waals surface area contributed by atoms with E-state index in [4.69, 9.17) is 15.3 Å². The second kappa shape index (κ2) is 18.8. The molecule has 0 aliphatic carbocycles. The van der Waals surface area contributed by atoms with E-state index in [1.54, 1.807) is 25.1 Å². The number of nitrogens with zero attached hydrogens (tertiary/aromatic N) is 2. The molecular weight excluding hydrogens is 512 g/mol. The third-order valence-corrected chi connectivity index (χ3v) is 6.29. The van der Waals surface area contributed by atoms with Gasteiger partial charge < -0.3 is 15.8 Å². The number of benzene rings is 2. The lowest BCUT2D eigenvalue weighted by Crippen LogP contribution is -2.34. The lowest BCUT2D eigenvalue weighted by Gasteiger charge is -2.20. The Morgan fingerprint density at radius 2 is 1.62 bits per heavy atom. The summed E-state index contributed by atoms with van der Waals surface area (Å²) in [4.78, 5) is 42.2. The van der Waals surface area contributed by atoms with Crippen LogP contribution in [0.2, 0.25) is 0 Å². The molecule has 40 heavy (non-hydrogen) atoms. The molecule has 0 radical (unpaired) electrons. The Morgan fingerprint density at radius 1 is 0.925 bits per heavy atom. The summed E-state index contributed by atoms with van der Waals surface area (Å²) in [5.41, 5.74) is 7.29. The van der Waals surface area contributed by atoms with Gasteiger partial charge in [0.05, 0.1) is 0 Å². The van der Waals surface area contributed by atoms with Crippen LogP contribution < -0.4 is 15.8 Å². The van der Waals surface area contributed by atoms with Crippen molar-refractivity contribution in [2.75, 3.05) is 26.2 Å². The Bertz CT molecular complexity index is 1040. The maximum Gasteiger partial charge on any atom is 0.412 e. The summed E-state index contributed by atoms with van der Waals surface area (Å²) in [5.74, 6) is -0.534. The second-order valence-corrected chi connectivity index (χ2v) is 9.82. The Morgan fingerprint density at radius 3 is 2.35 bits per heavy atom. The molecule has 3 amide bonds. The first-order valence-corrected chi connectivity index (χ1v) is 14.0. The first-order chi connectivity index (χ1) is 19.3. The standard InChI is InChI=1S/C30H44N4O6/c1-24(29(36)33(38)19-10-4-8-17-31)21-27-15-12-16-28(22-27)40-30(37)32-18-9-5-11-20-34(25(2)35)39-23-26-13-6-3-7-14-26/h3,6-7,12-16,22,24,38H,4-5,8-11,17-21,23,31H2,1-2H3,(H,32,37). The third kappa shape index (κ3) is 13.1. The van der Waals surface area contributed by atoms with E-state index in [0.717, 1.165) is 48.3 Å². The van der Waals surface area contributed by atoms with Gasteiger partial charge in [-0.05, 0) is 68.3 Å². The zero-order chi connectivity index (χ0) is 29.2. The summed E-state index contributed by atoms with van der Waals surface area (Å²) in [6, 6.07) is 16.7. The quantitative estimate of drug-likeness (QED) is 0.140. The van der Waals surface area contributed by atoms with E-state index >= 15 is 0 Å². The van der Waals surface area contributed by atoms with Crippen molar-refractivity contribution in [1.29, 1.82) is 0 Å². The van der Waals surface area contributed by atoms with Gasteiger partial charge in [-0.15, -0.1) is 0 Å². The van der Waals surface area contributed by atoms with Gasteiger partial charge in [-0.25, -0.2) is 14.9 Å². The summed E-state index contributed by atoms with van der Waals surface area (Å²) in [7, 11) is 0. The molecule has 0 bridgehead atoms. The Balaban J connectivity index is 1.66. The van der Waals surface area contributed by atoms with Crippen molar-refractivity contribution < 1.29 is 29.2 Å². The van der Waals surface area contributed by atoms with E-state index in [1.165, 1.54) is 12.0 Å². The average Bonchev–Trinajstić information content (AvgIpc) is 2.94. The molecule has 1 unspecified atom stereocenters. The summed E-state index contributed by atoms with van der Waals surface area (Å²) < 4.78 is 5.39. The lowest BCUT2D eigenvalue weighted by atomic mass is 10.00. The van der Waals surface area contributed by atoms with E-state index in [1.807, 2.05) is 36.4 Å². The number of hydrogen-bond donors (Lipinski definition) is 3. The van der Waals surface area contributed by atoms with E-state index in [2.05, 4.69) is 5.32 Å². The average molecular weight is 557 g/mol. The van der Waals surface area contributed by atoms with Crippen LogP contribution in [0.3, 0.4) is 0 Å². The Labute approximate surface area is 237 Å². The molecule has 2 aromatic carbocycles. The normalized spacial score (nSPS) is 11.5. The smallest absolute Gasteiger partial charge is 0.410 e. The largest absolute Gasteiger partial charge is 0.412 e. The van der Waals surface area contributed by atoms with Crippen LogP contribution in [-0.4, -0.2) is 59.4 Å². The molecule has 0 fully saturated rings. The van der Waals surface area contributed by atoms with E-state index in [0.29, 0.717) is 44.8 Å². The summed E-state index contributed by atoms with van der Waals surface area (Å²) in [6.45, 7) is 5.36. The molecular formula is C30H44N4O6. The highest BCUT2D eigenvalue weighted by Gasteiger charge is 2.19. The number of carbonyl (C=O) groups is 3. The van der Waals surface area contributed by atoms with Gasteiger partial charge in [-0.1, -0.05) is 55.8 Å². The van der Waals surface area contributed by atoms with Gasteiger partial charge in [0.2, 0.25) is 11.8 Å². The van der Waals surface area contributed by atoms with Crippen molar-refractivity contribution >= 4 is 17.9 Å². The van der Waals surface area contributed by atoms with Crippen LogP contribution in [0.1, 0.15) is 63.5 Å². The SMILES string of the molecule is CC(=O)N(CCCCCNC(=O)Oc1cccc(CC(C)C(=O)N(O)CCCCCN)c1)OCc1ccccc1. The molecule has 4 N–H and O–H groups in total. The van der Waals surface area contributed by atoms with Crippen LogP contribution in [0.15, 0.2) is 54.6 Å². The van der Waals surface area contributed by atoms with Crippen LogP contribution in [0.5, 0.6) is 5.75 Å². The molecule has 0 saturated heterocycles. The third-order valence-electron chi connectivity index (χ3n) is 6.29. The van der Waals surface area contributed by atoms with Gasteiger partial charge in [-0.3, -0.25) is 19.6 Å². The van der Waals surface area contributed by atoms with Crippen LogP contribution in [-0.2, 0) is 27.5 Å². The summed E-state index contributed by atoms with van der Waals surface area (Å²) in [5, 5.41) is 14.9. The minimum atomic E-state index is -0.558. The fraction of sp³-hybridized carbons (Fsp3) is 0.500. The molecule has 220 valence electrons. The highest BCUT2D eigenvalue weighted by molar-refractivity contribution is 5.77. The topological polar surface area (TPSA) is 134 Å². The molecule has 2 rings (SSSR count). The van der Waals surface area contributed by atoms with Crippen molar-refractivity contribution in [3.63, 3.8) is 0 Å². The molecule has 2 aromatic rings. The van der Waals surface area contributed by atoms with E-state index < -0.39 is 12.0 Å². The van der Waals surface area contributed by atoms with Gasteiger partial charge in [0.1, 0.15) is 12.4 Å². The van der Waals surface area contributed by atoms with Crippen LogP contribution >= 0.6 is 0 Å². The predicted octanol–water partition coefficient (Wildman–Crippen LogP) is 4.45. The fourth-order valence-corrected chi connectivity index (χ4v) is 4.05. The molecule has 10 heteroatoms. The number of carbonyl (C=O) groups excluding carboxylic acids is 3. The number of nitrogens with two attached hydrogens (primary N) is 1. The van der Waals surface area contributed by atoms with Crippen LogP contribution in [0, 0.1) is 5.92 Å². The van der Waals surface area contributed by atoms with Gasteiger partial charge in [0, 0.05) is 32.5 Å². The van der Waals surface area contributed by atoms with Crippen molar-refractivity contribution in [2.24, 2.45) is 11.7 Å². The highest BCUT2D eigenvalue weighted by Crippen LogP contribution is 2.18. The fourth-order valence-electron chi connectivity index (χ4n) is 4.05. The van der Waals surface area contributed by atoms with Crippen molar-refractivity contribution in [2.45, 2.75) is 65.4 Å². The molecule has 0 saturated carbocycles. The molecule has 1 atom stereocenters. The molecule has 0 heterocycles. The molecule has 0 spiro atoms. The first kappa shape index (κ1) is 32.7. The monoisotopic (exact) mass is 556 g/mol. The van der Waals surface area contributed by atoms with Gasteiger partial charge >= 0.3 is 6.09 Å². The minimum absolute atomic E-state index is 0.148. The second-order valence-electron chi connectivity index (χ2n) is 9.82. The number of rotatable bonds is 18. The van der Waals surface area contributed by atoms with Crippen LogP contribution in [0.25, 0.3) is 0 Å². The number of ether oxygens (including phenoxy) is 1. The lowest BCUT2D eigenvalue weighted by molar-refractivity contribution is -0.189. The molecule has 10 nitrogen and oxygen atoms in total. The molecule has 0 aliphatic heterocycles. The number of unbranched alkanes of at least 4 members (excludes halogenated alkanes) is 4. The maximum atomic E-state index is 12.5. The van der Waals surface area contributed by atoms with Crippen molar-refractivity contribution in [3.8, 4) is 5.75 Å². The van der Waals surface area contributed by atoms with Gasteiger partial charge in [-0.2, -0.15) is 0 Å². The number of hydrogen-bond acceptors (Lipinski definition) is 7. The van der Waals surface area contributed by atoms with E-state index in [-0.39, 0.29) is 18.4 Å². The summed E-state index contributed by atoms with van der Waals surface area (Å²) >= 11 is 0. The summed E-state index contributed by atoms with van der Waals surface area (Å²) in [6.07, 6.45) is 4.54.